The summed E-state index contributed by atoms with van der Waals surface area (Å²) in [5, 5.41) is 1.68. The Kier molecular flexibility index (Phi) is 4.81. The van der Waals surface area contributed by atoms with Gasteiger partial charge in [-0.2, -0.15) is 0 Å². The topological polar surface area (TPSA) is 88.2 Å². The number of rotatable bonds is 6. The quantitative estimate of drug-likeness (QED) is 0.647. The normalized spacial score (nSPS) is 28.2. The Morgan fingerprint density at radius 2 is 2.03 bits per heavy atom. The third kappa shape index (κ3) is 4.53. The van der Waals surface area contributed by atoms with E-state index < -0.39 is 48.8 Å². The number of halogens is 1. The number of benzene rings is 2. The minimum atomic E-state index is -3.37. The summed E-state index contributed by atoms with van der Waals surface area (Å²) in [6.07, 6.45) is -6.63. The van der Waals surface area contributed by atoms with Crippen LogP contribution in [0.4, 0.5) is 4.39 Å². The number of piperidine rings is 1. The number of imide groups is 1. The standard InChI is InChI=1S/C25H26FN3O5/c26-20-12-16(13-28-8-10-33-11-9-28)4-5-17(20)15-34-22-3-1-2-18-19(22)14-29(25(18)32)21-6-7-23(30)27-24(21)31/h1-5,12,21H,6-11,13-15H2,(H,27,30,31)/i6D2,7D2,21D. The van der Waals surface area contributed by atoms with Gasteiger partial charge in [0.25, 0.3) is 5.91 Å². The van der Waals surface area contributed by atoms with Crippen LogP contribution in [-0.2, 0) is 34.0 Å². The Labute approximate surface area is 203 Å². The number of fused-ring (bicyclic) bond motifs is 1. The number of ether oxygens (including phenoxy) is 2. The largest absolute Gasteiger partial charge is 0.488 e. The fourth-order valence-corrected chi connectivity index (χ4v) is 4.16. The molecule has 0 spiro atoms. The molecule has 3 amide bonds. The van der Waals surface area contributed by atoms with Crippen LogP contribution in [0, 0.1) is 5.82 Å². The molecule has 3 aliphatic rings. The molecule has 3 aliphatic heterocycles. The minimum absolute atomic E-state index is 0.0292. The van der Waals surface area contributed by atoms with E-state index in [2.05, 4.69) is 4.90 Å². The van der Waals surface area contributed by atoms with E-state index in [1.807, 2.05) is 0 Å². The van der Waals surface area contributed by atoms with E-state index in [0.29, 0.717) is 24.7 Å². The fourth-order valence-electron chi connectivity index (χ4n) is 4.16. The van der Waals surface area contributed by atoms with Gasteiger partial charge in [-0.3, -0.25) is 24.6 Å². The molecule has 8 nitrogen and oxygen atoms in total. The van der Waals surface area contributed by atoms with Crippen molar-refractivity contribution in [1.82, 2.24) is 15.1 Å². The van der Waals surface area contributed by atoms with Crippen LogP contribution in [0.15, 0.2) is 36.4 Å². The van der Waals surface area contributed by atoms with Gasteiger partial charge in [-0.25, -0.2) is 4.39 Å². The molecule has 9 heteroatoms. The van der Waals surface area contributed by atoms with E-state index in [4.69, 9.17) is 16.3 Å². The van der Waals surface area contributed by atoms with Crippen LogP contribution >= 0.6 is 0 Å². The van der Waals surface area contributed by atoms with Crippen molar-refractivity contribution in [3.05, 3.63) is 64.5 Å². The SMILES string of the molecule is [2H]C1([2H])C(=O)NC(=O)C([2H])(N2Cc3c(OCc4ccc(CN5CCOCC5)cc4F)cccc3C2=O)C1([2H])[2H]. The molecule has 5 rings (SSSR count). The van der Waals surface area contributed by atoms with Crippen molar-refractivity contribution >= 4 is 17.7 Å². The molecule has 3 heterocycles. The van der Waals surface area contributed by atoms with Gasteiger partial charge < -0.3 is 14.4 Å². The summed E-state index contributed by atoms with van der Waals surface area (Å²) in [7, 11) is 0. The number of nitrogens with zero attached hydrogens (tertiary/aromatic N) is 2. The summed E-state index contributed by atoms with van der Waals surface area (Å²) < 4.78 is 66.9. The van der Waals surface area contributed by atoms with Gasteiger partial charge in [0.2, 0.25) is 11.8 Å². The van der Waals surface area contributed by atoms with Crippen LogP contribution in [-0.4, -0.2) is 59.8 Å². The molecule has 0 radical (unpaired) electrons. The Morgan fingerprint density at radius 1 is 1.21 bits per heavy atom. The van der Waals surface area contributed by atoms with Gasteiger partial charge in [-0.05, 0) is 30.1 Å². The second-order valence-electron chi connectivity index (χ2n) is 8.16. The second kappa shape index (κ2) is 9.52. The number of carbonyl (C=O) groups excluding carboxylic acids is 3. The number of nitrogens with one attached hydrogen (secondary N) is 1. The molecule has 178 valence electrons. The van der Waals surface area contributed by atoms with Crippen LogP contribution in [0.2, 0.25) is 0 Å². The van der Waals surface area contributed by atoms with Crippen molar-refractivity contribution in [1.29, 1.82) is 0 Å². The predicted octanol–water partition coefficient (Wildman–Crippen LogP) is 2.00. The highest BCUT2D eigenvalue weighted by atomic mass is 19.1. The summed E-state index contributed by atoms with van der Waals surface area (Å²) >= 11 is 0. The van der Waals surface area contributed by atoms with Crippen LogP contribution in [0.25, 0.3) is 0 Å². The molecule has 0 saturated carbocycles. The number of hydrogen-bond acceptors (Lipinski definition) is 6. The molecular weight excluding hydrogens is 441 g/mol. The lowest BCUT2D eigenvalue weighted by atomic mass is 10.0. The summed E-state index contributed by atoms with van der Waals surface area (Å²) in [6.45, 7) is 2.76. The lowest BCUT2D eigenvalue weighted by molar-refractivity contribution is -0.136. The molecule has 2 aromatic rings. The van der Waals surface area contributed by atoms with Crippen LogP contribution in [0.1, 0.15) is 46.6 Å². The zero-order valence-corrected chi connectivity index (χ0v) is 18.2. The fraction of sp³-hybridized carbons (Fsp3) is 0.400. The van der Waals surface area contributed by atoms with E-state index in [1.54, 1.807) is 17.4 Å². The predicted molar refractivity (Wildman–Crippen MR) is 119 cm³/mol. The Hall–Kier alpha value is -3.30. The van der Waals surface area contributed by atoms with Gasteiger partial charge in [0.1, 0.15) is 24.2 Å². The van der Waals surface area contributed by atoms with Crippen molar-refractivity contribution in [3.8, 4) is 5.75 Å². The Bertz CT molecular complexity index is 1350. The van der Waals surface area contributed by atoms with Gasteiger partial charge in [-0.15, -0.1) is 0 Å². The van der Waals surface area contributed by atoms with Gasteiger partial charge >= 0.3 is 0 Å². The zero-order chi connectivity index (χ0) is 28.2. The van der Waals surface area contributed by atoms with E-state index in [-0.39, 0.29) is 29.0 Å². The van der Waals surface area contributed by atoms with E-state index in [9.17, 15) is 18.8 Å². The number of carbonyl (C=O) groups is 3. The summed E-state index contributed by atoms with van der Waals surface area (Å²) in [5.41, 5.74) is 1.34. The van der Waals surface area contributed by atoms with E-state index >= 15 is 0 Å². The van der Waals surface area contributed by atoms with Crippen molar-refractivity contribution in [3.63, 3.8) is 0 Å². The molecule has 0 aliphatic carbocycles. The van der Waals surface area contributed by atoms with Gasteiger partial charge in [-0.1, -0.05) is 18.2 Å². The lowest BCUT2D eigenvalue weighted by Crippen LogP contribution is -2.52. The van der Waals surface area contributed by atoms with E-state index in [1.165, 1.54) is 24.3 Å². The second-order valence-corrected chi connectivity index (χ2v) is 8.16. The maximum absolute atomic E-state index is 14.9. The van der Waals surface area contributed by atoms with Crippen LogP contribution in [0.5, 0.6) is 5.75 Å². The smallest absolute Gasteiger partial charge is 0.255 e. The Morgan fingerprint density at radius 3 is 2.82 bits per heavy atom. The van der Waals surface area contributed by atoms with E-state index in [0.717, 1.165) is 18.7 Å². The van der Waals surface area contributed by atoms with Crippen molar-refractivity contribution in [2.45, 2.75) is 38.5 Å². The highest BCUT2D eigenvalue weighted by Gasteiger charge is 2.40. The highest BCUT2D eigenvalue weighted by molar-refractivity contribution is 6.05. The monoisotopic (exact) mass is 472 g/mol. The molecule has 2 aromatic carbocycles. The lowest BCUT2D eigenvalue weighted by Gasteiger charge is -2.29. The van der Waals surface area contributed by atoms with Gasteiger partial charge in [0.05, 0.1) is 21.1 Å². The molecule has 0 aromatic heterocycles. The molecule has 0 bridgehead atoms. The average Bonchev–Trinajstić information content (AvgIpc) is 3.24. The maximum atomic E-state index is 14.9. The Balaban J connectivity index is 1.35. The molecule has 2 saturated heterocycles. The van der Waals surface area contributed by atoms with Crippen molar-refractivity contribution in [2.75, 3.05) is 26.3 Å². The molecule has 1 N–H and O–H groups in total. The molecule has 1 unspecified atom stereocenters. The summed E-state index contributed by atoms with van der Waals surface area (Å²) in [4.78, 5) is 40.7. The molecule has 2 fully saturated rings. The zero-order valence-electron chi connectivity index (χ0n) is 23.2. The maximum Gasteiger partial charge on any atom is 0.255 e. The van der Waals surface area contributed by atoms with Crippen molar-refractivity contribution < 1.29 is 35.1 Å². The third-order valence-electron chi connectivity index (χ3n) is 5.94. The average molecular weight is 473 g/mol. The number of amides is 3. The first kappa shape index (κ1) is 17.2. The first-order chi connectivity index (χ1) is 18.4. The first-order valence-corrected chi connectivity index (χ1v) is 10.9. The van der Waals surface area contributed by atoms with Crippen LogP contribution in [0.3, 0.4) is 0 Å². The number of hydrogen-bond donors (Lipinski definition) is 1. The third-order valence-corrected chi connectivity index (χ3v) is 5.94. The molecular formula is C25H26FN3O5. The minimum Gasteiger partial charge on any atom is -0.488 e. The molecule has 34 heavy (non-hydrogen) atoms. The van der Waals surface area contributed by atoms with Gasteiger partial charge in [0, 0.05) is 48.2 Å². The number of morpholine rings is 1. The first-order valence-electron chi connectivity index (χ1n) is 13.4. The summed E-state index contributed by atoms with van der Waals surface area (Å²) in [5.74, 6) is -4.16. The van der Waals surface area contributed by atoms with Gasteiger partial charge in [0.15, 0.2) is 0 Å². The van der Waals surface area contributed by atoms with Crippen molar-refractivity contribution in [2.24, 2.45) is 0 Å². The molecule has 1 atom stereocenters. The summed E-state index contributed by atoms with van der Waals surface area (Å²) in [6, 6.07) is 6.20. The van der Waals surface area contributed by atoms with Crippen LogP contribution < -0.4 is 10.1 Å². The highest BCUT2D eigenvalue weighted by Crippen LogP contribution is 2.34.